The average molecular weight is 536 g/mol. The van der Waals surface area contributed by atoms with Crippen molar-refractivity contribution in [2.75, 3.05) is 12.4 Å². The SMILES string of the molecule is COc1ccc(C(=O)CC(Nc2ccc(I)cc2)c2ccc(Br)cc2)cc1. The molecule has 0 spiro atoms. The van der Waals surface area contributed by atoms with Crippen LogP contribution in [-0.4, -0.2) is 12.9 Å². The monoisotopic (exact) mass is 535 g/mol. The summed E-state index contributed by atoms with van der Waals surface area (Å²) in [5.74, 6) is 0.830. The topological polar surface area (TPSA) is 38.3 Å². The summed E-state index contributed by atoms with van der Waals surface area (Å²) < 4.78 is 7.36. The molecule has 5 heteroatoms. The van der Waals surface area contributed by atoms with Gasteiger partial charge >= 0.3 is 0 Å². The van der Waals surface area contributed by atoms with Gasteiger partial charge in [0.05, 0.1) is 13.2 Å². The predicted octanol–water partition coefficient (Wildman–Crippen LogP) is 6.49. The Labute approximate surface area is 181 Å². The van der Waals surface area contributed by atoms with Crippen LogP contribution in [0.5, 0.6) is 5.75 Å². The molecule has 0 saturated heterocycles. The van der Waals surface area contributed by atoms with E-state index in [1.54, 1.807) is 7.11 Å². The minimum Gasteiger partial charge on any atom is -0.497 e. The summed E-state index contributed by atoms with van der Waals surface area (Å²) in [4.78, 5) is 12.8. The van der Waals surface area contributed by atoms with Crippen LogP contribution in [0.4, 0.5) is 5.69 Å². The molecule has 1 N–H and O–H groups in total. The molecule has 0 radical (unpaired) electrons. The van der Waals surface area contributed by atoms with Crippen LogP contribution in [0.1, 0.15) is 28.4 Å². The van der Waals surface area contributed by atoms with Crippen LogP contribution in [0.25, 0.3) is 0 Å². The maximum atomic E-state index is 12.8. The van der Waals surface area contributed by atoms with Crippen molar-refractivity contribution in [2.24, 2.45) is 0 Å². The fraction of sp³-hybridized carbons (Fsp3) is 0.136. The van der Waals surface area contributed by atoms with Crippen molar-refractivity contribution in [1.82, 2.24) is 0 Å². The van der Waals surface area contributed by atoms with Crippen molar-refractivity contribution in [3.05, 3.63) is 92.0 Å². The maximum Gasteiger partial charge on any atom is 0.165 e. The zero-order valence-corrected chi connectivity index (χ0v) is 18.5. The molecule has 3 rings (SSSR count). The highest BCUT2D eigenvalue weighted by atomic mass is 127. The minimum atomic E-state index is -0.118. The first-order valence-corrected chi connectivity index (χ1v) is 10.4. The normalized spacial score (nSPS) is 11.7. The van der Waals surface area contributed by atoms with E-state index in [0.29, 0.717) is 12.0 Å². The molecular formula is C22H19BrINO2. The van der Waals surface area contributed by atoms with Crippen LogP contribution < -0.4 is 10.1 Å². The number of hydrogen-bond donors (Lipinski definition) is 1. The van der Waals surface area contributed by atoms with Crippen LogP contribution in [0.3, 0.4) is 0 Å². The second-order valence-electron chi connectivity index (χ2n) is 6.11. The molecule has 138 valence electrons. The molecule has 0 aliphatic rings. The molecule has 27 heavy (non-hydrogen) atoms. The highest BCUT2D eigenvalue weighted by Gasteiger charge is 2.17. The van der Waals surface area contributed by atoms with Gasteiger partial charge in [0.15, 0.2) is 5.78 Å². The number of ketones is 1. The van der Waals surface area contributed by atoms with Gasteiger partial charge in [-0.3, -0.25) is 4.79 Å². The van der Waals surface area contributed by atoms with Gasteiger partial charge in [0.2, 0.25) is 0 Å². The van der Waals surface area contributed by atoms with Crippen LogP contribution in [0.15, 0.2) is 77.3 Å². The summed E-state index contributed by atoms with van der Waals surface area (Å²) in [5.41, 5.74) is 2.74. The fourth-order valence-corrected chi connectivity index (χ4v) is 3.40. The van der Waals surface area contributed by atoms with E-state index in [-0.39, 0.29) is 11.8 Å². The lowest BCUT2D eigenvalue weighted by atomic mass is 9.97. The van der Waals surface area contributed by atoms with E-state index in [1.807, 2.05) is 72.8 Å². The summed E-state index contributed by atoms with van der Waals surface area (Å²) in [6.45, 7) is 0. The number of anilines is 1. The first-order valence-electron chi connectivity index (χ1n) is 8.50. The molecule has 0 fully saturated rings. The second kappa shape index (κ2) is 9.37. The Morgan fingerprint density at radius 2 is 1.63 bits per heavy atom. The summed E-state index contributed by atoms with van der Waals surface area (Å²) >= 11 is 5.75. The van der Waals surface area contributed by atoms with Crippen molar-refractivity contribution in [3.8, 4) is 5.75 Å². The molecule has 0 amide bonds. The van der Waals surface area contributed by atoms with Gasteiger partial charge < -0.3 is 10.1 Å². The summed E-state index contributed by atoms with van der Waals surface area (Å²) in [6.07, 6.45) is 0.361. The molecule has 0 aliphatic heterocycles. The van der Waals surface area contributed by atoms with Crippen LogP contribution in [-0.2, 0) is 0 Å². The fourth-order valence-electron chi connectivity index (χ4n) is 2.77. The lowest BCUT2D eigenvalue weighted by molar-refractivity contribution is 0.0976. The smallest absolute Gasteiger partial charge is 0.165 e. The third kappa shape index (κ3) is 5.56. The Balaban J connectivity index is 1.82. The Kier molecular flexibility index (Phi) is 6.90. The molecule has 0 bridgehead atoms. The first kappa shape index (κ1) is 19.9. The molecule has 1 atom stereocenters. The molecule has 3 aromatic carbocycles. The first-order chi connectivity index (χ1) is 13.0. The number of methoxy groups -OCH3 is 1. The molecule has 0 aliphatic carbocycles. The van der Waals surface area contributed by atoms with Crippen LogP contribution >= 0.6 is 38.5 Å². The molecule has 3 aromatic rings. The standard InChI is InChI=1S/C22H19BrINO2/c1-27-20-12-4-16(5-13-20)22(26)14-21(15-2-6-17(23)7-3-15)25-19-10-8-18(24)9-11-19/h2-13,21,25H,14H2,1H3. The van der Waals surface area contributed by atoms with Gasteiger partial charge in [0.1, 0.15) is 5.75 Å². The largest absolute Gasteiger partial charge is 0.497 e. The highest BCUT2D eigenvalue weighted by Crippen LogP contribution is 2.26. The molecule has 0 aromatic heterocycles. The van der Waals surface area contributed by atoms with Crippen molar-refractivity contribution in [1.29, 1.82) is 0 Å². The number of ether oxygens (including phenoxy) is 1. The number of hydrogen-bond acceptors (Lipinski definition) is 3. The van der Waals surface area contributed by atoms with E-state index in [2.05, 4.69) is 43.8 Å². The zero-order chi connectivity index (χ0) is 19.2. The number of benzene rings is 3. The molecule has 3 nitrogen and oxygen atoms in total. The van der Waals surface area contributed by atoms with Crippen molar-refractivity contribution >= 4 is 50.0 Å². The van der Waals surface area contributed by atoms with Crippen LogP contribution in [0.2, 0.25) is 0 Å². The second-order valence-corrected chi connectivity index (χ2v) is 8.27. The molecular weight excluding hydrogens is 517 g/mol. The Bertz CT molecular complexity index is 893. The predicted molar refractivity (Wildman–Crippen MR) is 122 cm³/mol. The quantitative estimate of drug-likeness (QED) is 0.277. The third-order valence-corrected chi connectivity index (χ3v) is 5.51. The van der Waals surface area contributed by atoms with Gasteiger partial charge in [0, 0.05) is 25.7 Å². The van der Waals surface area contributed by atoms with Crippen LogP contribution in [0, 0.1) is 3.57 Å². The van der Waals surface area contributed by atoms with E-state index >= 15 is 0 Å². The third-order valence-electron chi connectivity index (χ3n) is 4.26. The number of carbonyl (C=O) groups excluding carboxylic acids is 1. The van der Waals surface area contributed by atoms with Crippen molar-refractivity contribution in [3.63, 3.8) is 0 Å². The van der Waals surface area contributed by atoms with E-state index in [1.165, 1.54) is 3.57 Å². The summed E-state index contributed by atoms with van der Waals surface area (Å²) in [7, 11) is 1.62. The van der Waals surface area contributed by atoms with Gasteiger partial charge in [0.25, 0.3) is 0 Å². The maximum absolute atomic E-state index is 12.8. The number of rotatable bonds is 7. The Morgan fingerprint density at radius 1 is 1.00 bits per heavy atom. The number of halogens is 2. The van der Waals surface area contributed by atoms with E-state index in [4.69, 9.17) is 4.74 Å². The lowest BCUT2D eigenvalue weighted by Crippen LogP contribution is -2.16. The lowest BCUT2D eigenvalue weighted by Gasteiger charge is -2.20. The van der Waals surface area contributed by atoms with Gasteiger partial charge in [-0.05, 0) is 88.8 Å². The molecule has 1 unspecified atom stereocenters. The number of nitrogens with one attached hydrogen (secondary N) is 1. The number of carbonyl (C=O) groups is 1. The van der Waals surface area contributed by atoms with E-state index < -0.39 is 0 Å². The van der Waals surface area contributed by atoms with E-state index in [0.717, 1.165) is 21.5 Å². The molecule has 0 heterocycles. The summed E-state index contributed by atoms with van der Waals surface area (Å²) in [6, 6.07) is 23.4. The van der Waals surface area contributed by atoms with Gasteiger partial charge in [-0.1, -0.05) is 28.1 Å². The minimum absolute atomic E-state index is 0.0867. The average Bonchev–Trinajstić information content (AvgIpc) is 2.70. The Morgan fingerprint density at radius 3 is 2.22 bits per heavy atom. The van der Waals surface area contributed by atoms with Crippen molar-refractivity contribution < 1.29 is 9.53 Å². The van der Waals surface area contributed by atoms with Gasteiger partial charge in [-0.15, -0.1) is 0 Å². The van der Waals surface area contributed by atoms with Gasteiger partial charge in [-0.2, -0.15) is 0 Å². The number of Topliss-reactive ketones (excluding diaryl/α,β-unsaturated/α-hetero) is 1. The Hall–Kier alpha value is -1.86. The van der Waals surface area contributed by atoms with Gasteiger partial charge in [-0.25, -0.2) is 0 Å². The summed E-state index contributed by atoms with van der Waals surface area (Å²) in [5, 5.41) is 3.50. The molecule has 0 saturated carbocycles. The zero-order valence-electron chi connectivity index (χ0n) is 14.8. The van der Waals surface area contributed by atoms with Crippen molar-refractivity contribution in [2.45, 2.75) is 12.5 Å². The van der Waals surface area contributed by atoms with E-state index in [9.17, 15) is 4.79 Å². The highest BCUT2D eigenvalue weighted by molar-refractivity contribution is 14.1.